The highest BCUT2D eigenvalue weighted by molar-refractivity contribution is 5.93. The number of rotatable bonds is 2. The molecule has 17 heavy (non-hydrogen) atoms. The molecule has 1 aromatic carbocycles. The second kappa shape index (κ2) is 3.66. The number of benzene rings is 1. The molecule has 0 spiro atoms. The number of hydrogen-bond donors (Lipinski definition) is 1. The van der Waals surface area contributed by atoms with Gasteiger partial charge in [-0.05, 0) is 12.5 Å². The number of para-hydroxylation sites is 1. The fourth-order valence-electron chi connectivity index (χ4n) is 2.03. The molecule has 0 atom stereocenters. The fourth-order valence-corrected chi connectivity index (χ4v) is 2.03. The van der Waals surface area contributed by atoms with Crippen molar-refractivity contribution in [3.05, 3.63) is 36.1 Å². The van der Waals surface area contributed by atoms with Gasteiger partial charge in [0.15, 0.2) is 11.6 Å². The van der Waals surface area contributed by atoms with Crippen LogP contribution in [0, 0.1) is 0 Å². The van der Waals surface area contributed by atoms with Crippen molar-refractivity contribution < 1.29 is 8.94 Å². The third kappa shape index (κ3) is 1.41. The van der Waals surface area contributed by atoms with Gasteiger partial charge in [-0.15, -0.1) is 0 Å². The van der Waals surface area contributed by atoms with Crippen LogP contribution in [0.25, 0.3) is 22.3 Å². The lowest BCUT2D eigenvalue weighted by atomic mass is 10.1. The van der Waals surface area contributed by atoms with E-state index in [0.717, 1.165) is 28.5 Å². The van der Waals surface area contributed by atoms with Gasteiger partial charge in [0.1, 0.15) is 11.8 Å². The number of hydrogen-bond acceptors (Lipinski definition) is 4. The molecule has 3 aromatic rings. The lowest BCUT2D eigenvalue weighted by Gasteiger charge is -1.96. The van der Waals surface area contributed by atoms with Gasteiger partial charge in [0.25, 0.3) is 0 Å². The zero-order chi connectivity index (χ0) is 11.8. The highest BCUT2D eigenvalue weighted by Crippen LogP contribution is 2.34. The van der Waals surface area contributed by atoms with Crippen LogP contribution in [0.2, 0.25) is 0 Å². The number of aromatic nitrogens is 1. The first kappa shape index (κ1) is 9.96. The zero-order valence-corrected chi connectivity index (χ0v) is 9.43. The molecule has 0 aliphatic rings. The van der Waals surface area contributed by atoms with Crippen molar-refractivity contribution in [3.8, 4) is 11.3 Å². The molecule has 2 heterocycles. The van der Waals surface area contributed by atoms with Gasteiger partial charge in [-0.3, -0.25) is 0 Å². The standard InChI is InChI=1S/C13H12N2O2/c1-2-8-12(17-15-13(8)14)10-7-16-11-6-4-3-5-9(10)11/h3-7H,2H2,1H3,(H2,14,15). The molecule has 0 aliphatic heterocycles. The van der Waals surface area contributed by atoms with Crippen LogP contribution < -0.4 is 5.73 Å². The van der Waals surface area contributed by atoms with Gasteiger partial charge in [0, 0.05) is 10.9 Å². The Labute approximate surface area is 98.0 Å². The first-order chi connectivity index (χ1) is 8.31. The molecular weight excluding hydrogens is 216 g/mol. The van der Waals surface area contributed by atoms with E-state index < -0.39 is 0 Å². The van der Waals surface area contributed by atoms with E-state index in [9.17, 15) is 0 Å². The predicted molar refractivity (Wildman–Crippen MR) is 65.5 cm³/mol. The molecule has 4 heteroatoms. The van der Waals surface area contributed by atoms with E-state index in [1.54, 1.807) is 6.26 Å². The summed E-state index contributed by atoms with van der Waals surface area (Å²) in [5.41, 5.74) is 8.43. The Morgan fingerprint density at radius 1 is 1.29 bits per heavy atom. The molecule has 0 unspecified atom stereocenters. The summed E-state index contributed by atoms with van der Waals surface area (Å²) in [4.78, 5) is 0. The van der Waals surface area contributed by atoms with E-state index in [1.165, 1.54) is 0 Å². The minimum atomic E-state index is 0.452. The monoisotopic (exact) mass is 228 g/mol. The van der Waals surface area contributed by atoms with Crippen LogP contribution in [0.15, 0.2) is 39.5 Å². The Balaban J connectivity index is 2.27. The van der Waals surface area contributed by atoms with Crippen molar-refractivity contribution in [3.63, 3.8) is 0 Å². The van der Waals surface area contributed by atoms with E-state index in [-0.39, 0.29) is 0 Å². The molecule has 2 aromatic heterocycles. The predicted octanol–water partition coefficient (Wildman–Crippen LogP) is 3.23. The van der Waals surface area contributed by atoms with Crippen LogP contribution in [-0.2, 0) is 6.42 Å². The highest BCUT2D eigenvalue weighted by atomic mass is 16.5. The number of nitrogen functional groups attached to an aromatic ring is 1. The molecular formula is C13H12N2O2. The topological polar surface area (TPSA) is 65.2 Å². The number of furan rings is 1. The lowest BCUT2D eigenvalue weighted by Crippen LogP contribution is -1.90. The maximum Gasteiger partial charge on any atom is 0.176 e. The van der Waals surface area contributed by atoms with E-state index in [2.05, 4.69) is 5.16 Å². The molecule has 0 saturated heterocycles. The van der Waals surface area contributed by atoms with Gasteiger partial charge in [-0.25, -0.2) is 0 Å². The van der Waals surface area contributed by atoms with Crippen LogP contribution in [0.3, 0.4) is 0 Å². The molecule has 0 bridgehead atoms. The summed E-state index contributed by atoms with van der Waals surface area (Å²) in [5.74, 6) is 1.16. The SMILES string of the molecule is CCc1c(N)noc1-c1coc2ccccc12. The molecule has 0 amide bonds. The average molecular weight is 228 g/mol. The third-order valence-electron chi connectivity index (χ3n) is 2.90. The van der Waals surface area contributed by atoms with Crippen LogP contribution in [0.1, 0.15) is 12.5 Å². The summed E-state index contributed by atoms with van der Waals surface area (Å²) in [6, 6.07) is 7.81. The van der Waals surface area contributed by atoms with Crippen LogP contribution in [0.5, 0.6) is 0 Å². The van der Waals surface area contributed by atoms with Crippen molar-refractivity contribution in [1.82, 2.24) is 5.16 Å². The maximum atomic E-state index is 5.77. The molecule has 0 radical (unpaired) electrons. The summed E-state index contributed by atoms with van der Waals surface area (Å²) < 4.78 is 10.8. The van der Waals surface area contributed by atoms with Crippen LogP contribution >= 0.6 is 0 Å². The summed E-state index contributed by atoms with van der Waals surface area (Å²) in [7, 11) is 0. The minimum Gasteiger partial charge on any atom is -0.464 e. The largest absolute Gasteiger partial charge is 0.464 e. The van der Waals surface area contributed by atoms with Crippen molar-refractivity contribution in [2.24, 2.45) is 0 Å². The van der Waals surface area contributed by atoms with Gasteiger partial charge >= 0.3 is 0 Å². The van der Waals surface area contributed by atoms with Crippen molar-refractivity contribution in [2.45, 2.75) is 13.3 Å². The third-order valence-corrected chi connectivity index (χ3v) is 2.90. The van der Waals surface area contributed by atoms with E-state index in [4.69, 9.17) is 14.7 Å². The maximum absolute atomic E-state index is 5.77. The van der Waals surface area contributed by atoms with E-state index >= 15 is 0 Å². The second-order valence-corrected chi connectivity index (χ2v) is 3.87. The lowest BCUT2D eigenvalue weighted by molar-refractivity contribution is 0.434. The van der Waals surface area contributed by atoms with Crippen molar-refractivity contribution >= 4 is 16.8 Å². The molecule has 0 fully saturated rings. The van der Waals surface area contributed by atoms with Crippen LogP contribution in [-0.4, -0.2) is 5.16 Å². The summed E-state index contributed by atoms with van der Waals surface area (Å²) in [5, 5.41) is 4.82. The highest BCUT2D eigenvalue weighted by Gasteiger charge is 2.18. The number of anilines is 1. The van der Waals surface area contributed by atoms with Gasteiger partial charge < -0.3 is 14.7 Å². The molecule has 2 N–H and O–H groups in total. The zero-order valence-electron chi connectivity index (χ0n) is 9.43. The summed E-state index contributed by atoms with van der Waals surface area (Å²) in [6.07, 6.45) is 2.47. The van der Waals surface area contributed by atoms with Crippen molar-refractivity contribution in [1.29, 1.82) is 0 Å². The van der Waals surface area contributed by atoms with Gasteiger partial charge in [0.2, 0.25) is 0 Å². The minimum absolute atomic E-state index is 0.452. The number of fused-ring (bicyclic) bond motifs is 1. The van der Waals surface area contributed by atoms with Gasteiger partial charge in [-0.2, -0.15) is 0 Å². The second-order valence-electron chi connectivity index (χ2n) is 3.87. The van der Waals surface area contributed by atoms with Gasteiger partial charge in [-0.1, -0.05) is 30.3 Å². The Kier molecular flexibility index (Phi) is 2.14. The first-order valence-corrected chi connectivity index (χ1v) is 5.52. The number of nitrogens with two attached hydrogens (primary N) is 1. The van der Waals surface area contributed by atoms with Crippen LogP contribution in [0.4, 0.5) is 5.82 Å². The fraction of sp³-hybridized carbons (Fsp3) is 0.154. The van der Waals surface area contributed by atoms with Gasteiger partial charge in [0.05, 0.1) is 5.56 Å². The average Bonchev–Trinajstić information content (AvgIpc) is 2.92. The summed E-state index contributed by atoms with van der Waals surface area (Å²) >= 11 is 0. The molecule has 3 rings (SSSR count). The van der Waals surface area contributed by atoms with E-state index in [0.29, 0.717) is 11.6 Å². The molecule has 4 nitrogen and oxygen atoms in total. The molecule has 0 saturated carbocycles. The number of nitrogens with zero attached hydrogens (tertiary/aromatic N) is 1. The Morgan fingerprint density at radius 2 is 2.12 bits per heavy atom. The smallest absolute Gasteiger partial charge is 0.176 e. The Bertz CT molecular complexity index is 667. The Hall–Kier alpha value is -2.23. The summed E-state index contributed by atoms with van der Waals surface area (Å²) in [6.45, 7) is 2.02. The van der Waals surface area contributed by atoms with Crippen molar-refractivity contribution in [2.75, 3.05) is 5.73 Å². The first-order valence-electron chi connectivity index (χ1n) is 5.52. The quantitative estimate of drug-likeness (QED) is 0.731. The Morgan fingerprint density at radius 3 is 2.94 bits per heavy atom. The molecule has 86 valence electrons. The molecule has 0 aliphatic carbocycles. The van der Waals surface area contributed by atoms with E-state index in [1.807, 2.05) is 31.2 Å². The normalized spacial score (nSPS) is 11.1.